The maximum Gasteiger partial charge on any atom is 0.295 e. The third-order valence-corrected chi connectivity index (χ3v) is 6.88. The van der Waals surface area contributed by atoms with Crippen molar-refractivity contribution in [2.24, 2.45) is 0 Å². The number of aliphatic hydroxyl groups is 1. The minimum Gasteiger partial charge on any atom is -0.382 e. The third-order valence-electron chi connectivity index (χ3n) is 5.22. The number of H-pyrrole nitrogens is 1. The highest BCUT2D eigenvalue weighted by molar-refractivity contribution is 7.98. The maximum absolute atomic E-state index is 10.6. The molecule has 0 spiro atoms. The summed E-state index contributed by atoms with van der Waals surface area (Å²) in [6.45, 7) is 3.43. The maximum atomic E-state index is 10.6. The molecule has 0 aliphatic carbocycles. The minimum atomic E-state index is -1.10. The Kier molecular flexibility index (Phi) is 6.62. The van der Waals surface area contributed by atoms with Crippen LogP contribution in [0, 0.1) is 0 Å². The number of hydrogen-bond acceptors (Lipinski definition) is 2. The van der Waals surface area contributed by atoms with Crippen molar-refractivity contribution in [3.8, 4) is 28.2 Å². The number of nitrogens with one attached hydrogen (secondary N) is 1. The van der Waals surface area contributed by atoms with Crippen LogP contribution >= 0.6 is 46.6 Å². The second kappa shape index (κ2) is 9.12. The van der Waals surface area contributed by atoms with Gasteiger partial charge in [-0.2, -0.15) is 4.57 Å². The van der Waals surface area contributed by atoms with Gasteiger partial charge < -0.3 is 5.11 Å². The molecular weight excluding hydrogens is 483 g/mol. The smallest absolute Gasteiger partial charge is 0.295 e. The van der Waals surface area contributed by atoms with E-state index >= 15 is 0 Å². The van der Waals surface area contributed by atoms with Crippen LogP contribution in [0.1, 0.15) is 19.5 Å². The Morgan fingerprint density at radius 3 is 2.16 bits per heavy atom. The molecule has 0 unspecified atom stereocenters. The zero-order valence-corrected chi connectivity index (χ0v) is 20.9. The number of hydrogen-bond donors (Lipinski definition) is 2. The van der Waals surface area contributed by atoms with Gasteiger partial charge in [-0.25, -0.2) is 4.98 Å². The summed E-state index contributed by atoms with van der Waals surface area (Å²) in [7, 11) is 0. The summed E-state index contributed by atoms with van der Waals surface area (Å²) in [5.74, 6) is 0.636. The number of halogens is 3. The molecular formula is C25H22Cl3N2OS+. The Morgan fingerprint density at radius 1 is 0.875 bits per heavy atom. The number of aromatic amines is 1. The Hall–Kier alpha value is -1.95. The van der Waals surface area contributed by atoms with Gasteiger partial charge in [-0.3, -0.25) is 0 Å². The van der Waals surface area contributed by atoms with E-state index in [1.165, 1.54) is 4.90 Å². The molecule has 2 N–H and O–H groups in total. The number of imidazole rings is 1. The number of rotatable bonds is 5. The first kappa shape index (κ1) is 23.2. The lowest BCUT2D eigenvalue weighted by atomic mass is 10.1. The summed E-state index contributed by atoms with van der Waals surface area (Å²) in [4.78, 5) is 4.48. The standard InChI is InChI=1S/C25H21Cl3N2OS/c1-25(2,31)22-14-30(24(29-22)23-18(26)8-5-9-19(23)27)21-11-10-16(13-20(21)28)15-6-4-7-17(12-15)32-3/h4-14,31H,1-3H3/p+1. The lowest BCUT2D eigenvalue weighted by molar-refractivity contribution is -0.582. The van der Waals surface area contributed by atoms with Crippen molar-refractivity contribution in [3.63, 3.8) is 0 Å². The molecule has 0 aliphatic heterocycles. The number of aromatic nitrogens is 2. The molecule has 0 aliphatic rings. The first-order valence-corrected chi connectivity index (χ1v) is 12.3. The topological polar surface area (TPSA) is 39.9 Å². The number of thioether (sulfide) groups is 1. The molecule has 0 saturated carbocycles. The van der Waals surface area contributed by atoms with Crippen LogP contribution in [0.4, 0.5) is 0 Å². The van der Waals surface area contributed by atoms with E-state index in [1.54, 1.807) is 43.8 Å². The first-order chi connectivity index (χ1) is 15.2. The Morgan fingerprint density at radius 2 is 1.53 bits per heavy atom. The molecule has 0 atom stereocenters. The summed E-state index contributed by atoms with van der Waals surface area (Å²) < 4.78 is 1.88. The van der Waals surface area contributed by atoms with Crippen molar-refractivity contribution in [3.05, 3.63) is 87.6 Å². The van der Waals surface area contributed by atoms with Gasteiger partial charge >= 0.3 is 0 Å². The monoisotopic (exact) mass is 503 g/mol. The second-order valence-corrected chi connectivity index (χ2v) is 10.0. The average molecular weight is 505 g/mol. The van der Waals surface area contributed by atoms with Crippen LogP contribution in [0.25, 0.3) is 28.2 Å². The van der Waals surface area contributed by atoms with Gasteiger partial charge in [0.25, 0.3) is 5.82 Å². The van der Waals surface area contributed by atoms with E-state index in [9.17, 15) is 5.11 Å². The van der Waals surface area contributed by atoms with E-state index in [0.717, 1.165) is 16.8 Å². The summed E-state index contributed by atoms with van der Waals surface area (Å²) in [5, 5.41) is 12.2. The fraction of sp³-hybridized carbons (Fsp3) is 0.160. The summed E-state index contributed by atoms with van der Waals surface area (Å²) in [6.07, 6.45) is 3.88. The van der Waals surface area contributed by atoms with Gasteiger partial charge in [0.2, 0.25) is 0 Å². The summed E-state index contributed by atoms with van der Waals surface area (Å²) in [6, 6.07) is 19.6. The van der Waals surface area contributed by atoms with E-state index in [4.69, 9.17) is 34.8 Å². The van der Waals surface area contributed by atoms with Crippen molar-refractivity contribution in [2.45, 2.75) is 24.3 Å². The Balaban J connectivity index is 1.89. The van der Waals surface area contributed by atoms with E-state index in [2.05, 4.69) is 29.4 Å². The van der Waals surface area contributed by atoms with Crippen molar-refractivity contribution in [1.82, 2.24) is 4.98 Å². The molecule has 0 radical (unpaired) electrons. The van der Waals surface area contributed by atoms with E-state index in [-0.39, 0.29) is 0 Å². The largest absolute Gasteiger partial charge is 0.382 e. The van der Waals surface area contributed by atoms with Gasteiger partial charge in [0, 0.05) is 4.90 Å². The highest BCUT2D eigenvalue weighted by Crippen LogP contribution is 2.35. The molecule has 4 aromatic rings. The Labute approximate surface area is 207 Å². The molecule has 3 nitrogen and oxygen atoms in total. The zero-order valence-electron chi connectivity index (χ0n) is 17.8. The Bertz CT molecular complexity index is 1270. The van der Waals surface area contributed by atoms with Gasteiger partial charge in [-0.15, -0.1) is 11.8 Å². The number of benzene rings is 3. The van der Waals surface area contributed by atoms with Gasteiger partial charge in [-0.1, -0.05) is 59.1 Å². The molecule has 0 fully saturated rings. The third kappa shape index (κ3) is 4.57. The van der Waals surface area contributed by atoms with E-state index in [0.29, 0.717) is 32.1 Å². The van der Waals surface area contributed by atoms with E-state index in [1.807, 2.05) is 35.0 Å². The predicted molar refractivity (Wildman–Crippen MR) is 135 cm³/mol. The van der Waals surface area contributed by atoms with Crippen molar-refractivity contribution >= 4 is 46.6 Å². The van der Waals surface area contributed by atoms with Crippen molar-refractivity contribution in [2.75, 3.05) is 6.26 Å². The van der Waals surface area contributed by atoms with Crippen LogP contribution < -0.4 is 4.57 Å². The van der Waals surface area contributed by atoms with Crippen LogP contribution in [0.3, 0.4) is 0 Å². The molecule has 4 rings (SSSR count). The van der Waals surface area contributed by atoms with Gasteiger partial charge in [0.05, 0.1) is 15.1 Å². The quantitative estimate of drug-likeness (QED) is 0.218. The average Bonchev–Trinajstić information content (AvgIpc) is 3.19. The highest BCUT2D eigenvalue weighted by Gasteiger charge is 2.31. The van der Waals surface area contributed by atoms with Crippen LogP contribution in [0.15, 0.2) is 71.8 Å². The summed E-state index contributed by atoms with van der Waals surface area (Å²) in [5.41, 5.74) is 3.00. The van der Waals surface area contributed by atoms with Crippen molar-refractivity contribution in [1.29, 1.82) is 0 Å². The van der Waals surface area contributed by atoms with Crippen LogP contribution in [-0.2, 0) is 5.60 Å². The SMILES string of the molecule is CSc1cccc(-c2ccc(-[n+]3cc(C(C)(C)O)[nH]c3-c3c(Cl)cccc3Cl)c(Cl)c2)c1. The fourth-order valence-electron chi connectivity index (χ4n) is 3.51. The molecule has 1 aromatic heterocycles. The van der Waals surface area contributed by atoms with Gasteiger partial charge in [0.1, 0.15) is 17.4 Å². The molecule has 3 aromatic carbocycles. The molecule has 0 saturated heterocycles. The predicted octanol–water partition coefficient (Wildman–Crippen LogP) is 7.53. The lowest BCUT2D eigenvalue weighted by Crippen LogP contribution is -2.31. The molecule has 32 heavy (non-hydrogen) atoms. The van der Waals surface area contributed by atoms with Gasteiger partial charge in [0.15, 0.2) is 11.4 Å². The van der Waals surface area contributed by atoms with Crippen molar-refractivity contribution < 1.29 is 9.67 Å². The molecule has 164 valence electrons. The molecule has 1 heterocycles. The molecule has 7 heteroatoms. The van der Waals surface area contributed by atoms with Crippen LogP contribution in [-0.4, -0.2) is 16.3 Å². The zero-order chi connectivity index (χ0) is 23.0. The fourth-order valence-corrected chi connectivity index (χ4v) is 4.81. The number of nitrogens with zero attached hydrogens (tertiary/aromatic N) is 1. The van der Waals surface area contributed by atoms with Crippen LogP contribution in [0.2, 0.25) is 15.1 Å². The normalized spacial score (nSPS) is 11.7. The highest BCUT2D eigenvalue weighted by atomic mass is 35.5. The summed E-state index contributed by atoms with van der Waals surface area (Å²) >= 11 is 21.5. The molecule has 0 bridgehead atoms. The first-order valence-electron chi connectivity index (χ1n) is 9.95. The molecule has 0 amide bonds. The van der Waals surface area contributed by atoms with Crippen LogP contribution in [0.5, 0.6) is 0 Å². The van der Waals surface area contributed by atoms with Gasteiger partial charge in [-0.05, 0) is 67.6 Å². The lowest BCUT2D eigenvalue weighted by Gasteiger charge is -2.10. The second-order valence-electron chi connectivity index (χ2n) is 7.94. The van der Waals surface area contributed by atoms with E-state index < -0.39 is 5.60 Å². The minimum absolute atomic E-state index is 0.497.